The quantitative estimate of drug-likeness (QED) is 0.774. The summed E-state index contributed by atoms with van der Waals surface area (Å²) in [6.07, 6.45) is 1.93. The molecular weight excluding hydrogens is 324 g/mol. The molecule has 6 heteroatoms. The molecule has 0 atom stereocenters. The Morgan fingerprint density at radius 2 is 1.83 bits per heavy atom. The molecule has 0 aliphatic rings. The molecule has 3 rings (SSSR count). The van der Waals surface area contributed by atoms with E-state index in [0.29, 0.717) is 0 Å². The number of ether oxygens (including phenoxy) is 1. The lowest BCUT2D eigenvalue weighted by atomic mass is 10.1. The van der Waals surface area contributed by atoms with Crippen LogP contribution in [0.1, 0.15) is 11.1 Å². The number of hydrogen-bond donors (Lipinski definition) is 1. The van der Waals surface area contributed by atoms with E-state index in [4.69, 9.17) is 4.74 Å². The molecule has 24 heavy (non-hydrogen) atoms. The molecule has 0 spiro atoms. The highest BCUT2D eigenvalue weighted by Gasteiger charge is 2.15. The van der Waals surface area contributed by atoms with Crippen LogP contribution < -0.4 is 9.46 Å². The SMILES string of the molecule is COc1ccc2c(c1)c(CNS(=O)(=O)c1ccc(C)cc1)cn2C. The molecule has 2 aromatic carbocycles. The smallest absolute Gasteiger partial charge is 0.240 e. The summed E-state index contributed by atoms with van der Waals surface area (Å²) in [4.78, 5) is 0.269. The third kappa shape index (κ3) is 3.16. The lowest BCUT2D eigenvalue weighted by Crippen LogP contribution is -2.23. The Morgan fingerprint density at radius 3 is 2.50 bits per heavy atom. The van der Waals surface area contributed by atoms with Gasteiger partial charge in [0.05, 0.1) is 12.0 Å². The van der Waals surface area contributed by atoms with Crippen LogP contribution in [0.25, 0.3) is 10.9 Å². The second kappa shape index (κ2) is 6.30. The second-order valence-corrected chi connectivity index (χ2v) is 7.55. The molecule has 0 aliphatic carbocycles. The van der Waals surface area contributed by atoms with Crippen molar-refractivity contribution in [1.82, 2.24) is 9.29 Å². The van der Waals surface area contributed by atoms with Gasteiger partial charge in [-0.3, -0.25) is 0 Å². The van der Waals surface area contributed by atoms with Crippen molar-refractivity contribution in [2.24, 2.45) is 7.05 Å². The maximum atomic E-state index is 12.4. The van der Waals surface area contributed by atoms with E-state index < -0.39 is 10.0 Å². The van der Waals surface area contributed by atoms with Crippen molar-refractivity contribution in [2.45, 2.75) is 18.4 Å². The second-order valence-electron chi connectivity index (χ2n) is 5.79. The third-order valence-corrected chi connectivity index (χ3v) is 5.48. The van der Waals surface area contributed by atoms with E-state index in [-0.39, 0.29) is 11.4 Å². The molecule has 1 N–H and O–H groups in total. The first-order valence-corrected chi connectivity index (χ1v) is 9.07. The minimum Gasteiger partial charge on any atom is -0.497 e. The molecule has 0 fully saturated rings. The van der Waals surface area contributed by atoms with E-state index in [2.05, 4.69) is 4.72 Å². The summed E-state index contributed by atoms with van der Waals surface area (Å²) in [5.74, 6) is 0.747. The van der Waals surface area contributed by atoms with Gasteiger partial charge in [0.2, 0.25) is 10.0 Å². The average Bonchev–Trinajstić information content (AvgIpc) is 2.89. The van der Waals surface area contributed by atoms with Crippen LogP contribution >= 0.6 is 0 Å². The first-order valence-electron chi connectivity index (χ1n) is 7.59. The Morgan fingerprint density at radius 1 is 1.12 bits per heavy atom. The Balaban J connectivity index is 1.88. The number of hydrogen-bond acceptors (Lipinski definition) is 3. The summed E-state index contributed by atoms with van der Waals surface area (Å²) in [5.41, 5.74) is 2.96. The number of benzene rings is 2. The summed E-state index contributed by atoms with van der Waals surface area (Å²) >= 11 is 0. The molecule has 1 heterocycles. The number of methoxy groups -OCH3 is 1. The number of aromatic nitrogens is 1. The first-order chi connectivity index (χ1) is 11.4. The first kappa shape index (κ1) is 16.5. The minimum atomic E-state index is -3.54. The van der Waals surface area contributed by atoms with E-state index in [1.807, 2.05) is 42.9 Å². The van der Waals surface area contributed by atoms with Crippen molar-refractivity contribution in [3.05, 3.63) is 59.8 Å². The van der Waals surface area contributed by atoms with Crippen molar-refractivity contribution in [2.75, 3.05) is 7.11 Å². The van der Waals surface area contributed by atoms with Gasteiger partial charge in [-0.1, -0.05) is 17.7 Å². The highest BCUT2D eigenvalue weighted by atomic mass is 32.2. The van der Waals surface area contributed by atoms with E-state index in [1.165, 1.54) is 0 Å². The van der Waals surface area contributed by atoms with Crippen LogP contribution in [0.15, 0.2) is 53.6 Å². The number of rotatable bonds is 5. The van der Waals surface area contributed by atoms with Crippen molar-refractivity contribution in [1.29, 1.82) is 0 Å². The fourth-order valence-electron chi connectivity index (χ4n) is 2.69. The minimum absolute atomic E-state index is 0.223. The summed E-state index contributed by atoms with van der Waals surface area (Å²) in [5, 5.41) is 0.975. The number of nitrogens with one attached hydrogen (secondary N) is 1. The third-order valence-electron chi connectivity index (χ3n) is 4.06. The Hall–Kier alpha value is -2.31. The Kier molecular flexibility index (Phi) is 4.34. The molecule has 0 amide bonds. The van der Waals surface area contributed by atoms with E-state index in [9.17, 15) is 8.42 Å². The lowest BCUT2D eigenvalue weighted by Gasteiger charge is -2.07. The zero-order valence-electron chi connectivity index (χ0n) is 13.9. The highest BCUT2D eigenvalue weighted by molar-refractivity contribution is 7.89. The van der Waals surface area contributed by atoms with E-state index in [1.54, 1.807) is 31.4 Å². The van der Waals surface area contributed by atoms with E-state index >= 15 is 0 Å². The maximum absolute atomic E-state index is 12.4. The molecule has 1 aromatic heterocycles. The molecule has 0 unspecified atom stereocenters. The van der Waals surface area contributed by atoms with Crippen molar-refractivity contribution in [3.63, 3.8) is 0 Å². The van der Waals surface area contributed by atoms with Crippen molar-refractivity contribution in [3.8, 4) is 5.75 Å². The van der Waals surface area contributed by atoms with Crippen molar-refractivity contribution >= 4 is 20.9 Å². The van der Waals surface area contributed by atoms with Gasteiger partial charge in [0.25, 0.3) is 0 Å². The van der Waals surface area contributed by atoms with Gasteiger partial charge < -0.3 is 9.30 Å². The number of aryl methyl sites for hydroxylation is 2. The van der Waals surface area contributed by atoms with Crippen LogP contribution in [0.3, 0.4) is 0 Å². The standard InChI is InChI=1S/C18H20N2O3S/c1-13-4-7-16(8-5-13)24(21,22)19-11-14-12-20(2)18-9-6-15(23-3)10-17(14)18/h4-10,12,19H,11H2,1-3H3. The monoisotopic (exact) mass is 344 g/mol. The predicted molar refractivity (Wildman–Crippen MR) is 94.7 cm³/mol. The summed E-state index contributed by atoms with van der Waals surface area (Å²) in [6, 6.07) is 12.6. The van der Waals surface area contributed by atoms with E-state index in [0.717, 1.165) is 27.8 Å². The molecule has 126 valence electrons. The normalized spacial score (nSPS) is 11.8. The average molecular weight is 344 g/mol. The van der Waals surface area contributed by atoms with Crippen LogP contribution in [0.5, 0.6) is 5.75 Å². The predicted octanol–water partition coefficient (Wildman–Crippen LogP) is 2.97. The molecule has 0 saturated heterocycles. The Labute approximate surface area is 141 Å². The summed E-state index contributed by atoms with van der Waals surface area (Å²) in [7, 11) is 0.0114. The van der Waals surface area contributed by atoms with Crippen molar-refractivity contribution < 1.29 is 13.2 Å². The maximum Gasteiger partial charge on any atom is 0.240 e. The molecule has 0 aliphatic heterocycles. The van der Waals surface area contributed by atoms with Gasteiger partial charge in [-0.05, 0) is 42.8 Å². The van der Waals surface area contributed by atoms with Gasteiger partial charge in [-0.25, -0.2) is 13.1 Å². The summed E-state index contributed by atoms with van der Waals surface area (Å²) in [6.45, 7) is 2.15. The van der Waals surface area contributed by atoms with Gasteiger partial charge in [0, 0.05) is 30.7 Å². The molecule has 3 aromatic rings. The fraction of sp³-hybridized carbons (Fsp3) is 0.222. The lowest BCUT2D eigenvalue weighted by molar-refractivity contribution is 0.415. The molecule has 5 nitrogen and oxygen atoms in total. The van der Waals surface area contributed by atoms with Crippen LogP contribution in [0.4, 0.5) is 0 Å². The van der Waals surface area contributed by atoms with Gasteiger partial charge in [-0.15, -0.1) is 0 Å². The topological polar surface area (TPSA) is 60.3 Å². The van der Waals surface area contributed by atoms with Crippen LogP contribution in [-0.4, -0.2) is 20.1 Å². The number of nitrogens with zero attached hydrogens (tertiary/aromatic N) is 1. The number of fused-ring (bicyclic) bond motifs is 1. The molecule has 0 bridgehead atoms. The van der Waals surface area contributed by atoms with Crippen LogP contribution in [0, 0.1) is 6.92 Å². The van der Waals surface area contributed by atoms with Gasteiger partial charge in [-0.2, -0.15) is 0 Å². The van der Waals surface area contributed by atoms with Crippen LogP contribution in [0.2, 0.25) is 0 Å². The molecule has 0 saturated carbocycles. The fourth-order valence-corrected chi connectivity index (χ4v) is 3.70. The van der Waals surface area contributed by atoms with Gasteiger partial charge >= 0.3 is 0 Å². The Bertz CT molecular complexity index is 973. The van der Waals surface area contributed by atoms with Gasteiger partial charge in [0.15, 0.2) is 0 Å². The molecular formula is C18H20N2O3S. The molecule has 0 radical (unpaired) electrons. The largest absolute Gasteiger partial charge is 0.497 e. The van der Waals surface area contributed by atoms with Gasteiger partial charge in [0.1, 0.15) is 5.75 Å². The number of sulfonamides is 1. The summed E-state index contributed by atoms with van der Waals surface area (Å²) < 4.78 is 34.8. The highest BCUT2D eigenvalue weighted by Crippen LogP contribution is 2.25. The zero-order chi connectivity index (χ0) is 17.3. The van der Waals surface area contributed by atoms with Crippen LogP contribution in [-0.2, 0) is 23.6 Å². The zero-order valence-corrected chi connectivity index (χ0v) is 14.7.